The van der Waals surface area contributed by atoms with Gasteiger partial charge < -0.3 is 10.2 Å². The third-order valence-electron chi connectivity index (χ3n) is 4.91. The van der Waals surface area contributed by atoms with Crippen molar-refractivity contribution >= 4 is 17.5 Å². The summed E-state index contributed by atoms with van der Waals surface area (Å²) in [6.07, 6.45) is 3.58. The molecule has 0 radical (unpaired) electrons. The topological polar surface area (TPSA) is 58.1 Å². The maximum Gasteiger partial charge on any atom is 0.253 e. The van der Waals surface area contributed by atoms with Crippen LogP contribution >= 0.6 is 0 Å². The number of nitrogens with zero attached hydrogens (tertiary/aromatic N) is 3. The van der Waals surface area contributed by atoms with E-state index in [2.05, 4.69) is 15.3 Å². The Morgan fingerprint density at radius 2 is 1.96 bits per heavy atom. The van der Waals surface area contributed by atoms with E-state index >= 15 is 0 Å². The first-order valence-electron chi connectivity index (χ1n) is 9.39. The minimum atomic E-state index is -0.396. The van der Waals surface area contributed by atoms with Gasteiger partial charge in [0.1, 0.15) is 5.82 Å². The molecule has 1 atom stereocenters. The molecule has 5 nitrogen and oxygen atoms in total. The lowest BCUT2D eigenvalue weighted by molar-refractivity contribution is 0.0705. The number of benzene rings is 2. The fraction of sp³-hybridized carbons (Fsp3) is 0.227. The fourth-order valence-corrected chi connectivity index (χ4v) is 3.52. The zero-order chi connectivity index (χ0) is 19.3. The Hall–Kier alpha value is -3.28. The normalized spacial score (nSPS) is 16.6. The number of anilines is 2. The first kappa shape index (κ1) is 18.1. The van der Waals surface area contributed by atoms with Crippen molar-refractivity contribution in [3.8, 4) is 0 Å². The number of carbonyl (C=O) groups excluding carboxylic acids is 1. The van der Waals surface area contributed by atoms with E-state index in [0.717, 1.165) is 24.2 Å². The van der Waals surface area contributed by atoms with Crippen molar-refractivity contribution in [3.63, 3.8) is 0 Å². The van der Waals surface area contributed by atoms with Crippen molar-refractivity contribution in [1.82, 2.24) is 14.9 Å². The molecule has 1 amide bonds. The van der Waals surface area contributed by atoms with Crippen LogP contribution in [0.3, 0.4) is 0 Å². The molecule has 1 aliphatic heterocycles. The van der Waals surface area contributed by atoms with Gasteiger partial charge >= 0.3 is 0 Å². The van der Waals surface area contributed by atoms with Gasteiger partial charge in [0, 0.05) is 36.5 Å². The Labute approximate surface area is 163 Å². The molecule has 0 unspecified atom stereocenters. The van der Waals surface area contributed by atoms with Crippen LogP contribution in [0.4, 0.5) is 16.0 Å². The van der Waals surface area contributed by atoms with E-state index in [1.807, 2.05) is 36.4 Å². The highest BCUT2D eigenvalue weighted by molar-refractivity contribution is 5.94. The van der Waals surface area contributed by atoms with Crippen LogP contribution in [0.1, 0.15) is 34.8 Å². The SMILES string of the molecule is O=C(c1cccc(F)c1)N1CCC[C@H](c2ccnc(Nc3ccccc3)n2)C1. The zero-order valence-corrected chi connectivity index (χ0v) is 15.4. The molecule has 3 aromatic rings. The van der Waals surface area contributed by atoms with Crippen molar-refractivity contribution < 1.29 is 9.18 Å². The second-order valence-electron chi connectivity index (χ2n) is 6.90. The summed E-state index contributed by atoms with van der Waals surface area (Å²) in [5.74, 6) is 0.135. The molecule has 28 heavy (non-hydrogen) atoms. The molecule has 4 rings (SSSR count). The Morgan fingerprint density at radius 1 is 1.11 bits per heavy atom. The summed E-state index contributed by atoms with van der Waals surface area (Å²) in [6, 6.07) is 17.5. The number of aromatic nitrogens is 2. The highest BCUT2D eigenvalue weighted by Gasteiger charge is 2.26. The van der Waals surface area contributed by atoms with Gasteiger partial charge in [0.15, 0.2) is 0 Å². The van der Waals surface area contributed by atoms with Crippen molar-refractivity contribution in [2.24, 2.45) is 0 Å². The standard InChI is InChI=1S/C22H21FN4O/c23-18-8-4-6-16(14-18)21(28)27-13-5-7-17(15-27)20-11-12-24-22(26-20)25-19-9-2-1-3-10-19/h1-4,6,8-12,14,17H,5,7,13,15H2,(H,24,25,26)/t17-/m0/s1. The summed E-state index contributed by atoms with van der Waals surface area (Å²) < 4.78 is 13.5. The van der Waals surface area contributed by atoms with Crippen molar-refractivity contribution in [2.75, 3.05) is 18.4 Å². The molecular weight excluding hydrogens is 355 g/mol. The highest BCUT2D eigenvalue weighted by Crippen LogP contribution is 2.27. The average Bonchev–Trinajstić information content (AvgIpc) is 2.74. The number of para-hydroxylation sites is 1. The van der Waals surface area contributed by atoms with Gasteiger partial charge in [-0.1, -0.05) is 24.3 Å². The summed E-state index contributed by atoms with van der Waals surface area (Å²) in [5, 5.41) is 3.21. The van der Waals surface area contributed by atoms with E-state index in [9.17, 15) is 9.18 Å². The van der Waals surface area contributed by atoms with Gasteiger partial charge in [0.25, 0.3) is 5.91 Å². The summed E-state index contributed by atoms with van der Waals surface area (Å²) in [5.41, 5.74) is 2.21. The molecule has 142 valence electrons. The van der Waals surface area contributed by atoms with Gasteiger partial charge in [-0.15, -0.1) is 0 Å². The summed E-state index contributed by atoms with van der Waals surface area (Å²) in [6.45, 7) is 1.24. The highest BCUT2D eigenvalue weighted by atomic mass is 19.1. The number of nitrogens with one attached hydrogen (secondary N) is 1. The van der Waals surface area contributed by atoms with Crippen LogP contribution in [0.15, 0.2) is 66.9 Å². The van der Waals surface area contributed by atoms with Crippen LogP contribution in [0.5, 0.6) is 0 Å². The molecule has 2 heterocycles. The maximum atomic E-state index is 13.5. The number of piperidine rings is 1. The number of likely N-dealkylation sites (tertiary alicyclic amines) is 1. The van der Waals surface area contributed by atoms with Gasteiger partial charge in [-0.05, 0) is 49.2 Å². The third-order valence-corrected chi connectivity index (χ3v) is 4.91. The predicted molar refractivity (Wildman–Crippen MR) is 106 cm³/mol. The maximum absolute atomic E-state index is 13.5. The molecule has 0 aliphatic carbocycles. The molecule has 0 spiro atoms. The number of halogens is 1. The molecule has 1 aromatic heterocycles. The monoisotopic (exact) mass is 376 g/mol. The first-order chi connectivity index (χ1) is 13.7. The zero-order valence-electron chi connectivity index (χ0n) is 15.4. The molecule has 0 saturated carbocycles. The van der Waals surface area contributed by atoms with Crippen LogP contribution in [0.25, 0.3) is 0 Å². The van der Waals surface area contributed by atoms with E-state index in [-0.39, 0.29) is 11.8 Å². The Bertz CT molecular complexity index is 964. The number of amides is 1. The van der Waals surface area contributed by atoms with Gasteiger partial charge in [0.05, 0.1) is 5.69 Å². The molecule has 2 aromatic carbocycles. The lowest BCUT2D eigenvalue weighted by Crippen LogP contribution is -2.39. The molecule has 1 N–H and O–H groups in total. The first-order valence-corrected chi connectivity index (χ1v) is 9.39. The van der Waals surface area contributed by atoms with Crippen LogP contribution in [0.2, 0.25) is 0 Å². The van der Waals surface area contributed by atoms with Crippen LogP contribution in [-0.4, -0.2) is 33.9 Å². The van der Waals surface area contributed by atoms with Crippen molar-refractivity contribution in [2.45, 2.75) is 18.8 Å². The number of rotatable bonds is 4. The lowest BCUT2D eigenvalue weighted by Gasteiger charge is -2.32. The number of hydrogen-bond donors (Lipinski definition) is 1. The Kier molecular flexibility index (Phi) is 5.28. The van der Waals surface area contributed by atoms with Gasteiger partial charge in [-0.3, -0.25) is 4.79 Å². The minimum absolute atomic E-state index is 0.130. The molecule has 1 fully saturated rings. The van der Waals surface area contributed by atoms with Crippen molar-refractivity contribution in [3.05, 3.63) is 83.9 Å². The molecular formula is C22H21FN4O. The predicted octanol–water partition coefficient (Wildman–Crippen LogP) is 4.38. The number of carbonyl (C=O) groups is 1. The molecule has 1 saturated heterocycles. The van der Waals surface area contributed by atoms with E-state index in [4.69, 9.17) is 0 Å². The van der Waals surface area contributed by atoms with E-state index in [1.165, 1.54) is 12.1 Å². The minimum Gasteiger partial charge on any atom is -0.338 e. The third kappa shape index (κ3) is 4.17. The second-order valence-corrected chi connectivity index (χ2v) is 6.90. The average molecular weight is 376 g/mol. The van der Waals surface area contributed by atoms with Crippen LogP contribution in [-0.2, 0) is 0 Å². The smallest absolute Gasteiger partial charge is 0.253 e. The number of hydrogen-bond acceptors (Lipinski definition) is 4. The Balaban J connectivity index is 1.48. The van der Waals surface area contributed by atoms with E-state index in [0.29, 0.717) is 24.6 Å². The fourth-order valence-electron chi connectivity index (χ4n) is 3.52. The largest absolute Gasteiger partial charge is 0.338 e. The van der Waals surface area contributed by atoms with E-state index < -0.39 is 5.82 Å². The molecule has 6 heteroatoms. The molecule has 0 bridgehead atoms. The summed E-state index contributed by atoms with van der Waals surface area (Å²) >= 11 is 0. The second kappa shape index (κ2) is 8.17. The van der Waals surface area contributed by atoms with Crippen LogP contribution < -0.4 is 5.32 Å². The van der Waals surface area contributed by atoms with Gasteiger partial charge in [-0.2, -0.15) is 0 Å². The van der Waals surface area contributed by atoms with Crippen molar-refractivity contribution in [1.29, 1.82) is 0 Å². The Morgan fingerprint density at radius 3 is 2.79 bits per heavy atom. The lowest BCUT2D eigenvalue weighted by atomic mass is 9.94. The van der Waals surface area contributed by atoms with E-state index in [1.54, 1.807) is 23.2 Å². The summed E-state index contributed by atoms with van der Waals surface area (Å²) in [4.78, 5) is 23.5. The molecule has 1 aliphatic rings. The summed E-state index contributed by atoms with van der Waals surface area (Å²) in [7, 11) is 0. The quantitative estimate of drug-likeness (QED) is 0.734. The van der Waals surface area contributed by atoms with Gasteiger partial charge in [0.2, 0.25) is 5.95 Å². The van der Waals surface area contributed by atoms with Crippen LogP contribution in [0, 0.1) is 5.82 Å². The van der Waals surface area contributed by atoms with Gasteiger partial charge in [-0.25, -0.2) is 14.4 Å².